The highest BCUT2D eigenvalue weighted by molar-refractivity contribution is 7.99. The van der Waals surface area contributed by atoms with Gasteiger partial charge in [0.2, 0.25) is 0 Å². The highest BCUT2D eigenvalue weighted by Gasteiger charge is 2.20. The third-order valence-corrected chi connectivity index (χ3v) is 6.17. The summed E-state index contributed by atoms with van der Waals surface area (Å²) in [5.41, 5.74) is 4.00. The molecule has 136 valence electrons. The van der Waals surface area contributed by atoms with Crippen molar-refractivity contribution in [2.24, 2.45) is 5.92 Å². The Bertz CT molecular complexity index is 840. The van der Waals surface area contributed by atoms with Crippen molar-refractivity contribution >= 4 is 22.7 Å². The lowest BCUT2D eigenvalue weighted by Gasteiger charge is -2.33. The van der Waals surface area contributed by atoms with E-state index >= 15 is 0 Å². The van der Waals surface area contributed by atoms with Crippen LogP contribution in [0.5, 0.6) is 0 Å². The molecular weight excluding hydrogens is 338 g/mol. The number of H-pyrrole nitrogens is 1. The molecule has 1 aliphatic heterocycles. The van der Waals surface area contributed by atoms with Crippen LogP contribution < -0.4 is 0 Å². The van der Waals surface area contributed by atoms with Gasteiger partial charge in [0.1, 0.15) is 0 Å². The number of benzene rings is 2. The molecule has 3 nitrogen and oxygen atoms in total. The number of thioether (sulfide) groups is 1. The molecule has 4 heteroatoms. The Hall–Kier alpha value is -1.78. The van der Waals surface area contributed by atoms with Crippen LogP contribution in [0.25, 0.3) is 10.9 Å². The lowest BCUT2D eigenvalue weighted by atomic mass is 9.90. The van der Waals surface area contributed by atoms with Gasteiger partial charge < -0.3 is 0 Å². The van der Waals surface area contributed by atoms with Gasteiger partial charge in [0.05, 0.1) is 11.7 Å². The van der Waals surface area contributed by atoms with Crippen LogP contribution in [0.2, 0.25) is 0 Å². The summed E-state index contributed by atoms with van der Waals surface area (Å²) < 4.78 is 0. The maximum atomic E-state index is 4.13. The van der Waals surface area contributed by atoms with E-state index in [9.17, 15) is 0 Å². The second-order valence-electron chi connectivity index (χ2n) is 7.32. The average Bonchev–Trinajstić information content (AvgIpc) is 3.12. The number of aromatic nitrogens is 2. The van der Waals surface area contributed by atoms with Crippen molar-refractivity contribution in [2.45, 2.75) is 37.6 Å². The van der Waals surface area contributed by atoms with Gasteiger partial charge in [-0.15, -0.1) is 11.8 Å². The highest BCUT2D eigenvalue weighted by atomic mass is 32.2. The Kier molecular flexibility index (Phi) is 5.61. The Morgan fingerprint density at radius 3 is 2.85 bits per heavy atom. The van der Waals surface area contributed by atoms with E-state index in [0.717, 1.165) is 23.7 Å². The molecule has 2 heterocycles. The van der Waals surface area contributed by atoms with Gasteiger partial charge in [-0.05, 0) is 72.9 Å². The molecule has 0 saturated carbocycles. The van der Waals surface area contributed by atoms with E-state index in [-0.39, 0.29) is 0 Å². The largest absolute Gasteiger partial charge is 0.299 e. The van der Waals surface area contributed by atoms with Crippen LogP contribution in [0, 0.1) is 5.92 Å². The van der Waals surface area contributed by atoms with Gasteiger partial charge in [-0.2, -0.15) is 5.10 Å². The molecule has 0 amide bonds. The Balaban J connectivity index is 1.36. The third-order valence-electron chi connectivity index (χ3n) is 5.27. The molecule has 1 aromatic heterocycles. The monoisotopic (exact) mass is 365 g/mol. The summed E-state index contributed by atoms with van der Waals surface area (Å²) in [6.45, 7) is 5.71. The Morgan fingerprint density at radius 1 is 1.15 bits per heavy atom. The van der Waals surface area contributed by atoms with Crippen molar-refractivity contribution in [2.75, 3.05) is 18.8 Å². The van der Waals surface area contributed by atoms with Crippen LogP contribution in [-0.2, 0) is 13.0 Å². The SMILES string of the molecule is CCSc1ccc(CN2CCCC(Cc3ccc4[nH]ncc4c3)C2)cc1. The number of rotatable bonds is 6. The predicted molar refractivity (Wildman–Crippen MR) is 111 cm³/mol. The van der Waals surface area contributed by atoms with E-state index in [4.69, 9.17) is 0 Å². The summed E-state index contributed by atoms with van der Waals surface area (Å²) >= 11 is 1.91. The van der Waals surface area contributed by atoms with Gasteiger partial charge >= 0.3 is 0 Å². The topological polar surface area (TPSA) is 31.9 Å². The highest BCUT2D eigenvalue weighted by Crippen LogP contribution is 2.24. The van der Waals surface area contributed by atoms with Crippen LogP contribution in [0.1, 0.15) is 30.9 Å². The summed E-state index contributed by atoms with van der Waals surface area (Å²) in [7, 11) is 0. The molecule has 0 spiro atoms. The van der Waals surface area contributed by atoms with Gasteiger partial charge in [0, 0.05) is 23.4 Å². The first-order valence-corrected chi connectivity index (χ1v) is 10.6. The molecule has 1 aliphatic rings. The van der Waals surface area contributed by atoms with E-state index in [1.807, 2.05) is 18.0 Å². The zero-order chi connectivity index (χ0) is 17.8. The van der Waals surface area contributed by atoms with E-state index in [2.05, 4.69) is 64.5 Å². The van der Waals surface area contributed by atoms with Crippen molar-refractivity contribution in [3.8, 4) is 0 Å². The summed E-state index contributed by atoms with van der Waals surface area (Å²) in [5, 5.41) is 8.39. The summed E-state index contributed by atoms with van der Waals surface area (Å²) in [6.07, 6.45) is 5.74. The zero-order valence-corrected chi connectivity index (χ0v) is 16.3. The number of hydrogen-bond acceptors (Lipinski definition) is 3. The predicted octanol–water partition coefficient (Wildman–Crippen LogP) is 5.13. The van der Waals surface area contributed by atoms with Crippen LogP contribution >= 0.6 is 11.8 Å². The van der Waals surface area contributed by atoms with Gasteiger partial charge in [0.25, 0.3) is 0 Å². The molecule has 1 N–H and O–H groups in total. The maximum Gasteiger partial charge on any atom is 0.0650 e. The second kappa shape index (κ2) is 8.28. The number of nitrogens with one attached hydrogen (secondary N) is 1. The number of likely N-dealkylation sites (tertiary alicyclic amines) is 1. The van der Waals surface area contributed by atoms with Crippen LogP contribution in [-0.4, -0.2) is 33.9 Å². The number of hydrogen-bond donors (Lipinski definition) is 1. The number of piperidine rings is 1. The fourth-order valence-corrected chi connectivity index (χ4v) is 4.69. The minimum Gasteiger partial charge on any atom is -0.299 e. The van der Waals surface area contributed by atoms with Crippen molar-refractivity contribution in [1.82, 2.24) is 15.1 Å². The Morgan fingerprint density at radius 2 is 2.00 bits per heavy atom. The molecule has 1 atom stereocenters. The van der Waals surface area contributed by atoms with Crippen LogP contribution in [0.3, 0.4) is 0 Å². The lowest BCUT2D eigenvalue weighted by molar-refractivity contribution is 0.167. The first kappa shape index (κ1) is 17.6. The van der Waals surface area contributed by atoms with E-state index < -0.39 is 0 Å². The fourth-order valence-electron chi connectivity index (χ4n) is 4.03. The molecule has 0 aliphatic carbocycles. The first-order valence-electron chi connectivity index (χ1n) is 9.66. The molecule has 2 aromatic carbocycles. The molecule has 1 fully saturated rings. The van der Waals surface area contributed by atoms with Crippen molar-refractivity contribution in [3.05, 3.63) is 59.8 Å². The molecule has 0 bridgehead atoms. The Labute approximate surface area is 160 Å². The summed E-state index contributed by atoms with van der Waals surface area (Å²) in [6, 6.07) is 15.8. The van der Waals surface area contributed by atoms with E-state index in [0.29, 0.717) is 0 Å². The fraction of sp³-hybridized carbons (Fsp3) is 0.409. The number of nitrogens with zero attached hydrogens (tertiary/aromatic N) is 2. The maximum absolute atomic E-state index is 4.13. The standard InChI is InChI=1S/C22H27N3S/c1-2-26-21-8-5-17(6-9-21)15-25-11-3-4-19(16-25)12-18-7-10-22-20(13-18)14-23-24-22/h5-10,13-14,19H,2-4,11-12,15-16H2,1H3,(H,23,24). The third kappa shape index (κ3) is 4.30. The molecule has 1 unspecified atom stereocenters. The van der Waals surface area contributed by atoms with Crippen molar-refractivity contribution in [3.63, 3.8) is 0 Å². The lowest BCUT2D eigenvalue weighted by Crippen LogP contribution is -2.35. The van der Waals surface area contributed by atoms with Crippen LogP contribution in [0.4, 0.5) is 0 Å². The van der Waals surface area contributed by atoms with E-state index in [1.54, 1.807) is 0 Å². The average molecular weight is 366 g/mol. The molecule has 1 saturated heterocycles. The molecule has 26 heavy (non-hydrogen) atoms. The van der Waals surface area contributed by atoms with E-state index in [1.165, 1.54) is 53.8 Å². The van der Waals surface area contributed by atoms with Crippen molar-refractivity contribution < 1.29 is 0 Å². The van der Waals surface area contributed by atoms with Gasteiger partial charge in [-0.3, -0.25) is 10.00 Å². The first-order chi connectivity index (χ1) is 12.8. The molecule has 3 aromatic rings. The van der Waals surface area contributed by atoms with Gasteiger partial charge in [0.15, 0.2) is 0 Å². The molecule has 4 rings (SSSR count). The molecular formula is C22H27N3S. The van der Waals surface area contributed by atoms with Gasteiger partial charge in [-0.1, -0.05) is 25.1 Å². The number of aromatic amines is 1. The van der Waals surface area contributed by atoms with Crippen LogP contribution in [0.15, 0.2) is 53.6 Å². The minimum absolute atomic E-state index is 0.753. The van der Waals surface area contributed by atoms with Crippen molar-refractivity contribution in [1.29, 1.82) is 0 Å². The molecule has 0 radical (unpaired) electrons. The zero-order valence-electron chi connectivity index (χ0n) is 15.4. The van der Waals surface area contributed by atoms with Gasteiger partial charge in [-0.25, -0.2) is 0 Å². The number of fused-ring (bicyclic) bond motifs is 1. The summed E-state index contributed by atoms with van der Waals surface area (Å²) in [4.78, 5) is 4.01. The normalized spacial score (nSPS) is 18.4. The smallest absolute Gasteiger partial charge is 0.0650 e. The quantitative estimate of drug-likeness (QED) is 0.615. The summed E-state index contributed by atoms with van der Waals surface area (Å²) in [5.74, 6) is 1.89. The minimum atomic E-state index is 0.753. The second-order valence-corrected chi connectivity index (χ2v) is 8.65.